The second-order valence-corrected chi connectivity index (χ2v) is 7.12. The Balaban J connectivity index is 1.51. The molecule has 132 valence electrons. The lowest BCUT2D eigenvalue weighted by molar-refractivity contribution is 0.127. The molecule has 4 rings (SSSR count). The van der Waals surface area contributed by atoms with Crippen molar-refractivity contribution in [2.45, 2.75) is 58.7 Å². The van der Waals surface area contributed by atoms with E-state index in [0.29, 0.717) is 6.04 Å². The Morgan fingerprint density at radius 3 is 2.96 bits per heavy atom. The average molecular weight is 338 g/mol. The third-order valence-electron chi connectivity index (χ3n) is 5.22. The maximum atomic E-state index is 4.73. The van der Waals surface area contributed by atoms with Gasteiger partial charge in [-0.3, -0.25) is 9.58 Å². The lowest BCUT2D eigenvalue weighted by atomic mass is 9.99. The summed E-state index contributed by atoms with van der Waals surface area (Å²) in [5.74, 6) is 0. The van der Waals surface area contributed by atoms with Gasteiger partial charge in [0.05, 0.1) is 6.20 Å². The lowest BCUT2D eigenvalue weighted by Gasteiger charge is -2.35. The van der Waals surface area contributed by atoms with Gasteiger partial charge in [0.25, 0.3) is 0 Å². The summed E-state index contributed by atoms with van der Waals surface area (Å²) in [6, 6.07) is 4.68. The van der Waals surface area contributed by atoms with Gasteiger partial charge >= 0.3 is 0 Å². The van der Waals surface area contributed by atoms with Crippen molar-refractivity contribution in [1.82, 2.24) is 29.3 Å². The Hall–Kier alpha value is -2.21. The molecule has 1 aliphatic heterocycles. The van der Waals surface area contributed by atoms with Crippen LogP contribution in [-0.4, -0.2) is 41.9 Å². The number of piperidine rings is 1. The number of aromatic nitrogens is 5. The zero-order valence-electron chi connectivity index (χ0n) is 15.1. The van der Waals surface area contributed by atoms with Crippen molar-refractivity contribution in [3.8, 4) is 0 Å². The average Bonchev–Trinajstić information content (AvgIpc) is 3.25. The van der Waals surface area contributed by atoms with E-state index in [-0.39, 0.29) is 0 Å². The van der Waals surface area contributed by atoms with E-state index in [1.54, 1.807) is 0 Å². The van der Waals surface area contributed by atoms with Crippen molar-refractivity contribution in [2.24, 2.45) is 0 Å². The molecule has 0 N–H and O–H groups in total. The normalized spacial score (nSPS) is 18.9. The third kappa shape index (κ3) is 3.44. The van der Waals surface area contributed by atoms with Gasteiger partial charge in [0.1, 0.15) is 0 Å². The molecule has 0 radical (unpaired) electrons. The maximum Gasteiger partial charge on any atom is 0.159 e. The fourth-order valence-corrected chi connectivity index (χ4v) is 3.96. The summed E-state index contributed by atoms with van der Waals surface area (Å²) in [6.07, 6.45) is 10.9. The highest BCUT2D eigenvalue weighted by atomic mass is 15.3. The predicted octanol–water partition coefficient (Wildman–Crippen LogP) is 2.99. The van der Waals surface area contributed by atoms with Crippen LogP contribution in [0.3, 0.4) is 0 Å². The summed E-state index contributed by atoms with van der Waals surface area (Å²) < 4.78 is 4.00. The molecular formula is C19H26N6. The monoisotopic (exact) mass is 338 g/mol. The van der Waals surface area contributed by atoms with Crippen LogP contribution in [0.5, 0.6) is 0 Å². The van der Waals surface area contributed by atoms with Crippen LogP contribution in [0, 0.1) is 13.8 Å². The first-order valence-corrected chi connectivity index (χ1v) is 9.23. The fraction of sp³-hybridized carbons (Fsp3) is 0.526. The minimum Gasteiger partial charge on any atom is -0.296 e. The minimum atomic E-state index is 0.610. The summed E-state index contributed by atoms with van der Waals surface area (Å²) in [4.78, 5) is 7.35. The molecule has 0 aliphatic carbocycles. The van der Waals surface area contributed by atoms with Crippen LogP contribution in [0.15, 0.2) is 30.7 Å². The molecule has 3 aromatic heterocycles. The molecule has 6 nitrogen and oxygen atoms in total. The Kier molecular flexibility index (Phi) is 4.53. The van der Waals surface area contributed by atoms with E-state index >= 15 is 0 Å². The van der Waals surface area contributed by atoms with Crippen LogP contribution in [0.25, 0.3) is 5.65 Å². The second kappa shape index (κ2) is 6.96. The molecule has 1 saturated heterocycles. The van der Waals surface area contributed by atoms with Gasteiger partial charge in [0.2, 0.25) is 0 Å². The number of fused-ring (bicyclic) bond motifs is 1. The first kappa shape index (κ1) is 16.3. The van der Waals surface area contributed by atoms with Gasteiger partial charge in [-0.05, 0) is 51.8 Å². The van der Waals surface area contributed by atoms with Crippen LogP contribution >= 0.6 is 0 Å². The Bertz CT molecular complexity index is 835. The smallest absolute Gasteiger partial charge is 0.159 e. The van der Waals surface area contributed by atoms with Crippen molar-refractivity contribution in [3.05, 3.63) is 47.7 Å². The molecule has 3 aromatic rings. The summed E-state index contributed by atoms with van der Waals surface area (Å²) in [7, 11) is 0. The first-order chi connectivity index (χ1) is 12.2. The molecule has 1 atom stereocenters. The molecule has 0 amide bonds. The van der Waals surface area contributed by atoms with Crippen LogP contribution in [0.4, 0.5) is 0 Å². The molecule has 0 saturated carbocycles. The maximum absolute atomic E-state index is 4.73. The lowest BCUT2D eigenvalue weighted by Crippen LogP contribution is -2.39. The fourth-order valence-electron chi connectivity index (χ4n) is 3.96. The molecular weight excluding hydrogens is 312 g/mol. The van der Waals surface area contributed by atoms with Gasteiger partial charge in [0.15, 0.2) is 5.65 Å². The highest BCUT2D eigenvalue weighted by Crippen LogP contribution is 2.24. The molecule has 25 heavy (non-hydrogen) atoms. The largest absolute Gasteiger partial charge is 0.296 e. The minimum absolute atomic E-state index is 0.610. The molecule has 0 bridgehead atoms. The first-order valence-electron chi connectivity index (χ1n) is 9.23. The summed E-state index contributed by atoms with van der Waals surface area (Å²) >= 11 is 0. The van der Waals surface area contributed by atoms with E-state index < -0.39 is 0 Å². The second-order valence-electron chi connectivity index (χ2n) is 7.12. The Labute approximate surface area is 148 Å². The van der Waals surface area contributed by atoms with Crippen molar-refractivity contribution in [1.29, 1.82) is 0 Å². The molecule has 0 spiro atoms. The summed E-state index contributed by atoms with van der Waals surface area (Å²) in [5.41, 5.74) is 4.44. The van der Waals surface area contributed by atoms with E-state index in [9.17, 15) is 0 Å². The van der Waals surface area contributed by atoms with Crippen molar-refractivity contribution < 1.29 is 0 Å². The zero-order chi connectivity index (χ0) is 17.2. The van der Waals surface area contributed by atoms with E-state index in [2.05, 4.69) is 35.0 Å². The zero-order valence-corrected chi connectivity index (χ0v) is 15.1. The number of hydrogen-bond donors (Lipinski definition) is 0. The molecule has 1 fully saturated rings. The van der Waals surface area contributed by atoms with Crippen molar-refractivity contribution in [2.75, 3.05) is 6.54 Å². The van der Waals surface area contributed by atoms with Gasteiger partial charge in [-0.25, -0.2) is 9.50 Å². The molecule has 4 heterocycles. The Morgan fingerprint density at radius 1 is 1.20 bits per heavy atom. The van der Waals surface area contributed by atoms with Crippen LogP contribution in [0.2, 0.25) is 0 Å². The van der Waals surface area contributed by atoms with Crippen LogP contribution in [-0.2, 0) is 13.1 Å². The van der Waals surface area contributed by atoms with Gasteiger partial charge < -0.3 is 0 Å². The SMILES string of the molecule is Cc1cc(C)n2ncc(CN3CCCCC3CCn3cccn3)c2n1. The highest BCUT2D eigenvalue weighted by Gasteiger charge is 2.23. The third-order valence-corrected chi connectivity index (χ3v) is 5.22. The molecule has 1 unspecified atom stereocenters. The highest BCUT2D eigenvalue weighted by molar-refractivity contribution is 5.47. The van der Waals surface area contributed by atoms with Crippen LogP contribution in [0.1, 0.15) is 42.6 Å². The predicted molar refractivity (Wildman–Crippen MR) is 97.4 cm³/mol. The van der Waals surface area contributed by atoms with Crippen LogP contribution < -0.4 is 0 Å². The Morgan fingerprint density at radius 2 is 2.12 bits per heavy atom. The molecule has 6 heteroatoms. The summed E-state index contributed by atoms with van der Waals surface area (Å²) in [5, 5.41) is 8.89. The van der Waals surface area contributed by atoms with E-state index in [4.69, 9.17) is 4.98 Å². The van der Waals surface area contributed by atoms with E-state index in [1.165, 1.54) is 24.8 Å². The van der Waals surface area contributed by atoms with Gasteiger partial charge in [0, 0.05) is 48.5 Å². The number of likely N-dealkylation sites (tertiary alicyclic amines) is 1. The van der Waals surface area contributed by atoms with Gasteiger partial charge in [-0.15, -0.1) is 0 Å². The van der Waals surface area contributed by atoms with E-state index in [1.807, 2.05) is 33.9 Å². The number of hydrogen-bond acceptors (Lipinski definition) is 4. The number of nitrogens with zero attached hydrogens (tertiary/aromatic N) is 6. The quantitative estimate of drug-likeness (QED) is 0.718. The van der Waals surface area contributed by atoms with Gasteiger partial charge in [-0.2, -0.15) is 10.2 Å². The molecule has 1 aliphatic rings. The standard InChI is InChI=1S/C19H26N6/c1-15-12-16(2)25-19(22-15)17(13-21-25)14-23-9-4-3-6-18(23)7-11-24-10-5-8-20-24/h5,8,10,12-13,18H,3-4,6-7,9,11,14H2,1-2H3. The number of rotatable bonds is 5. The number of aryl methyl sites for hydroxylation is 3. The summed E-state index contributed by atoms with van der Waals surface area (Å²) in [6.45, 7) is 7.22. The van der Waals surface area contributed by atoms with Crippen molar-refractivity contribution >= 4 is 5.65 Å². The van der Waals surface area contributed by atoms with Crippen molar-refractivity contribution in [3.63, 3.8) is 0 Å². The molecule has 0 aromatic carbocycles. The topological polar surface area (TPSA) is 51.2 Å². The van der Waals surface area contributed by atoms with E-state index in [0.717, 1.165) is 43.1 Å². The van der Waals surface area contributed by atoms with Gasteiger partial charge in [-0.1, -0.05) is 6.42 Å².